The fourth-order valence-electron chi connectivity index (χ4n) is 7.80. The van der Waals surface area contributed by atoms with Crippen LogP contribution in [-0.2, 0) is 6.42 Å². The van der Waals surface area contributed by atoms with Gasteiger partial charge in [-0.05, 0) is 92.4 Å². The van der Waals surface area contributed by atoms with Crippen molar-refractivity contribution in [3.05, 3.63) is 30.1 Å². The molecule has 1 aromatic carbocycles. The van der Waals surface area contributed by atoms with Gasteiger partial charge < -0.3 is 35.8 Å². The molecule has 0 saturated carbocycles. The molecule has 0 radical (unpaired) electrons. The molecule has 354 valence electrons. The first-order chi connectivity index (χ1) is 28.9. The lowest BCUT2D eigenvalue weighted by Crippen LogP contribution is -2.05. The molecule has 1 aromatic heterocycles. The number of benzene rings is 1. The number of fused-ring (bicyclic) bond motifs is 1. The highest BCUT2D eigenvalue weighted by molar-refractivity contribution is 5.95. The highest BCUT2D eigenvalue weighted by Gasteiger charge is 2.21. The van der Waals surface area contributed by atoms with Gasteiger partial charge in [-0.2, -0.15) is 0 Å². The number of aromatic amines is 1. The SMILES string of the molecule is CC(C)(C)CCCCCCCCCOc1ccc2[nH]c(CCCC=CN)c(OCCCCCCCCCC(C)(C)C)c2c1OCCCCCCCCCC(C)(C)C.NC(=O)O. The fourth-order valence-corrected chi connectivity index (χ4v) is 7.80. The molecule has 2 aromatic rings. The van der Waals surface area contributed by atoms with E-state index in [4.69, 9.17) is 29.8 Å². The van der Waals surface area contributed by atoms with Crippen LogP contribution in [0.25, 0.3) is 10.9 Å². The number of nitrogens with two attached hydrogens (primary N) is 2. The Balaban J connectivity index is 0.00000444. The minimum atomic E-state index is -1.33. The number of allylic oxidation sites excluding steroid dienone is 1. The van der Waals surface area contributed by atoms with E-state index in [0.717, 1.165) is 85.6 Å². The molecule has 0 saturated heterocycles. The summed E-state index contributed by atoms with van der Waals surface area (Å²) in [5, 5.41) is 8.25. The summed E-state index contributed by atoms with van der Waals surface area (Å²) < 4.78 is 20.1. The molecule has 0 bridgehead atoms. The lowest BCUT2D eigenvalue weighted by Gasteiger charge is -2.17. The molecule has 0 aliphatic carbocycles. The van der Waals surface area contributed by atoms with E-state index in [1.54, 1.807) is 6.20 Å². The van der Waals surface area contributed by atoms with Gasteiger partial charge in [0.2, 0.25) is 0 Å². The number of hydrogen-bond acceptors (Lipinski definition) is 5. The smallest absolute Gasteiger partial charge is 0.402 e. The predicted octanol–water partition coefficient (Wildman–Crippen LogP) is 16.2. The fraction of sp³-hybridized carbons (Fsp3) is 0.792. The minimum absolute atomic E-state index is 0.451. The average Bonchev–Trinajstić information content (AvgIpc) is 3.51. The summed E-state index contributed by atoms with van der Waals surface area (Å²) in [5.41, 5.74) is 13.3. The van der Waals surface area contributed by atoms with Crippen LogP contribution in [0.1, 0.15) is 235 Å². The second-order valence-electron chi connectivity index (χ2n) is 21.3. The third kappa shape index (κ3) is 31.5. The largest absolute Gasteiger partial charge is 0.491 e. The topological polar surface area (TPSA) is 133 Å². The van der Waals surface area contributed by atoms with Crippen molar-refractivity contribution >= 4 is 17.0 Å². The summed E-state index contributed by atoms with van der Waals surface area (Å²) in [5.74, 6) is 2.69. The van der Waals surface area contributed by atoms with Gasteiger partial charge in [0.1, 0.15) is 0 Å². The van der Waals surface area contributed by atoms with Crippen LogP contribution in [0.15, 0.2) is 24.4 Å². The van der Waals surface area contributed by atoms with E-state index in [1.165, 1.54) is 135 Å². The number of H-pyrrole nitrogens is 1. The maximum atomic E-state index is 8.78. The molecule has 0 spiro atoms. The van der Waals surface area contributed by atoms with Gasteiger partial charge in [0.05, 0.1) is 36.4 Å². The van der Waals surface area contributed by atoms with Crippen molar-refractivity contribution in [2.24, 2.45) is 27.7 Å². The van der Waals surface area contributed by atoms with Gasteiger partial charge in [-0.25, -0.2) is 4.79 Å². The molecule has 1 amide bonds. The molecule has 0 aliphatic rings. The van der Waals surface area contributed by atoms with Crippen molar-refractivity contribution in [2.45, 2.75) is 236 Å². The zero-order valence-corrected chi connectivity index (χ0v) is 41.3. The quantitative estimate of drug-likeness (QED) is 0.0518. The zero-order valence-electron chi connectivity index (χ0n) is 41.3. The van der Waals surface area contributed by atoms with Crippen molar-refractivity contribution in [1.29, 1.82) is 0 Å². The summed E-state index contributed by atoms with van der Waals surface area (Å²) in [7, 11) is 0. The third-order valence-corrected chi connectivity index (χ3v) is 11.3. The molecule has 61 heavy (non-hydrogen) atoms. The monoisotopic (exact) mass is 856 g/mol. The van der Waals surface area contributed by atoms with E-state index in [1.807, 2.05) is 6.08 Å². The maximum absolute atomic E-state index is 8.78. The molecule has 6 N–H and O–H groups in total. The molecule has 0 unspecified atom stereocenters. The number of primary amides is 1. The average molecular weight is 856 g/mol. The van der Waals surface area contributed by atoms with Gasteiger partial charge in [-0.3, -0.25) is 0 Å². The summed E-state index contributed by atoms with van der Waals surface area (Å²) in [4.78, 5) is 12.5. The van der Waals surface area contributed by atoms with E-state index in [-0.39, 0.29) is 0 Å². The minimum Gasteiger partial charge on any atom is -0.491 e. The Labute approximate surface area is 375 Å². The molecule has 8 nitrogen and oxygen atoms in total. The number of nitrogens with one attached hydrogen (secondary N) is 1. The maximum Gasteiger partial charge on any atom is 0.402 e. The number of ether oxygens (including phenoxy) is 3. The van der Waals surface area contributed by atoms with E-state index in [2.05, 4.69) is 85.2 Å². The van der Waals surface area contributed by atoms with Gasteiger partial charge in [0.15, 0.2) is 17.2 Å². The molecule has 0 aliphatic heterocycles. The molecule has 0 atom stereocenters. The summed E-state index contributed by atoms with van der Waals surface area (Å²) in [6.07, 6.45) is 36.0. The van der Waals surface area contributed by atoms with Crippen molar-refractivity contribution < 1.29 is 24.1 Å². The predicted molar refractivity (Wildman–Crippen MR) is 262 cm³/mol. The Morgan fingerprint density at radius 1 is 0.557 bits per heavy atom. The van der Waals surface area contributed by atoms with Crippen molar-refractivity contribution in [2.75, 3.05) is 19.8 Å². The number of unbranched alkanes of at least 4 members (excludes halogenated alkanes) is 19. The molecule has 0 fully saturated rings. The van der Waals surface area contributed by atoms with Crippen LogP contribution in [0, 0.1) is 16.2 Å². The van der Waals surface area contributed by atoms with E-state index in [9.17, 15) is 0 Å². The number of aromatic nitrogens is 1. The Hall–Kier alpha value is -3.03. The van der Waals surface area contributed by atoms with Crippen LogP contribution in [0.3, 0.4) is 0 Å². The second-order valence-corrected chi connectivity index (χ2v) is 21.3. The first kappa shape index (κ1) is 56.0. The standard InChI is InChI=1S/C52H94N2O3.CH3NO2/c1-50(2,3)37-27-19-13-10-16-22-31-41-55-46-36-35-44-47(49(46)57-43-33-24-18-12-15-21-29-39-52(7,8)9)48(45(54-44)34-26-25-30-40-53)56-42-32-23-17-11-14-20-28-38-51(4,5)6;2-1(3)4/h30,35-36,40,54H,10-29,31-34,37-39,41-43,53H2,1-9H3;2H2,(H,3,4). The summed E-state index contributed by atoms with van der Waals surface area (Å²) in [6, 6.07) is 4.29. The third-order valence-electron chi connectivity index (χ3n) is 11.3. The van der Waals surface area contributed by atoms with E-state index < -0.39 is 6.09 Å². The Morgan fingerprint density at radius 3 is 1.31 bits per heavy atom. The van der Waals surface area contributed by atoms with Gasteiger partial charge in [0.25, 0.3) is 0 Å². The molecule has 8 heteroatoms. The van der Waals surface area contributed by atoms with Crippen LogP contribution < -0.4 is 25.7 Å². The number of hydrogen-bond donors (Lipinski definition) is 4. The first-order valence-electron chi connectivity index (χ1n) is 24.8. The molecular weight excluding hydrogens is 759 g/mol. The lowest BCUT2D eigenvalue weighted by molar-refractivity contribution is 0.205. The van der Waals surface area contributed by atoms with Crippen molar-refractivity contribution in [1.82, 2.24) is 4.98 Å². The Morgan fingerprint density at radius 2 is 0.918 bits per heavy atom. The number of carbonyl (C=O) groups is 1. The normalized spacial score (nSPS) is 12.2. The highest BCUT2D eigenvalue weighted by atomic mass is 16.5. The van der Waals surface area contributed by atoms with Crippen LogP contribution in [0.5, 0.6) is 17.2 Å². The highest BCUT2D eigenvalue weighted by Crippen LogP contribution is 2.44. The van der Waals surface area contributed by atoms with Crippen LogP contribution in [0.4, 0.5) is 4.79 Å². The van der Waals surface area contributed by atoms with Crippen LogP contribution in [-0.4, -0.2) is 36.0 Å². The van der Waals surface area contributed by atoms with Gasteiger partial charge >= 0.3 is 6.09 Å². The van der Waals surface area contributed by atoms with Gasteiger partial charge in [-0.15, -0.1) is 0 Å². The van der Waals surface area contributed by atoms with Crippen molar-refractivity contribution in [3.8, 4) is 17.2 Å². The van der Waals surface area contributed by atoms with Gasteiger partial charge in [0, 0.05) is 0 Å². The first-order valence-corrected chi connectivity index (χ1v) is 24.8. The van der Waals surface area contributed by atoms with Crippen LogP contribution in [0.2, 0.25) is 0 Å². The van der Waals surface area contributed by atoms with Crippen LogP contribution >= 0.6 is 0 Å². The number of carboxylic acid groups (broad SMARTS) is 1. The molecule has 1 heterocycles. The van der Waals surface area contributed by atoms with Gasteiger partial charge in [-0.1, -0.05) is 184 Å². The molecule has 2 rings (SSSR count). The van der Waals surface area contributed by atoms with Crippen molar-refractivity contribution in [3.63, 3.8) is 0 Å². The number of amides is 1. The second kappa shape index (κ2) is 32.6. The van der Waals surface area contributed by atoms with E-state index in [0.29, 0.717) is 22.9 Å². The summed E-state index contributed by atoms with van der Waals surface area (Å²) >= 11 is 0. The lowest BCUT2D eigenvalue weighted by atomic mass is 9.89. The number of rotatable bonds is 34. The number of aryl methyl sites for hydroxylation is 1. The summed E-state index contributed by atoms with van der Waals surface area (Å²) in [6.45, 7) is 23.3. The Kier molecular flexibility index (Phi) is 29.9. The van der Waals surface area contributed by atoms with E-state index >= 15 is 0 Å². The Bertz CT molecular complexity index is 1410. The zero-order chi connectivity index (χ0) is 45.4. The molecular formula is C53H97N3O5.